The average Bonchev–Trinajstić information content (AvgIpc) is 3.12. The lowest BCUT2D eigenvalue weighted by Gasteiger charge is -2.07. The molecule has 0 spiro atoms. The minimum atomic E-state index is -1.17. The standard InChI is InChI=1S/C13H12N6O4/c1-18-6-7(10(16-18)11(20)21)9-8-4-3-5-19(8)17-12(14-9)15-13(22)23-2/h3-6H,1-2H3,(H,20,21)(H,15,17,22). The number of nitrogens with zero attached hydrogens (tertiary/aromatic N) is 5. The number of anilines is 1. The zero-order valence-corrected chi connectivity index (χ0v) is 12.2. The van der Waals surface area contributed by atoms with Crippen LogP contribution in [0, 0.1) is 0 Å². The van der Waals surface area contributed by atoms with E-state index in [-0.39, 0.29) is 11.6 Å². The third-order valence-electron chi connectivity index (χ3n) is 3.08. The van der Waals surface area contributed by atoms with Gasteiger partial charge in [-0.05, 0) is 12.1 Å². The fourth-order valence-electron chi connectivity index (χ4n) is 2.15. The lowest BCUT2D eigenvalue weighted by atomic mass is 10.1. The van der Waals surface area contributed by atoms with Gasteiger partial charge < -0.3 is 9.84 Å². The molecule has 3 rings (SSSR count). The van der Waals surface area contributed by atoms with Gasteiger partial charge in [0.15, 0.2) is 5.69 Å². The molecule has 1 amide bonds. The van der Waals surface area contributed by atoms with Gasteiger partial charge in [-0.3, -0.25) is 10.00 Å². The van der Waals surface area contributed by atoms with E-state index >= 15 is 0 Å². The predicted octanol–water partition coefficient (Wildman–Crippen LogP) is 1.01. The van der Waals surface area contributed by atoms with Crippen molar-refractivity contribution in [2.45, 2.75) is 0 Å². The Balaban J connectivity index is 2.22. The van der Waals surface area contributed by atoms with Gasteiger partial charge in [-0.1, -0.05) is 0 Å². The van der Waals surface area contributed by atoms with Crippen LogP contribution in [-0.4, -0.2) is 48.7 Å². The van der Waals surface area contributed by atoms with Crippen LogP contribution in [0.25, 0.3) is 16.8 Å². The zero-order valence-electron chi connectivity index (χ0n) is 12.2. The monoisotopic (exact) mass is 316 g/mol. The molecule has 0 bridgehead atoms. The van der Waals surface area contributed by atoms with Crippen molar-refractivity contribution in [2.75, 3.05) is 12.4 Å². The van der Waals surface area contributed by atoms with Crippen molar-refractivity contribution >= 4 is 23.5 Å². The summed E-state index contributed by atoms with van der Waals surface area (Å²) in [5.74, 6) is -1.19. The first-order valence-electron chi connectivity index (χ1n) is 6.47. The van der Waals surface area contributed by atoms with Gasteiger partial charge >= 0.3 is 12.1 Å². The van der Waals surface area contributed by atoms with Crippen LogP contribution in [0.5, 0.6) is 0 Å². The molecule has 0 unspecified atom stereocenters. The Morgan fingerprint density at radius 1 is 1.35 bits per heavy atom. The molecule has 10 nitrogen and oxygen atoms in total. The summed E-state index contributed by atoms with van der Waals surface area (Å²) < 4.78 is 7.37. The van der Waals surface area contributed by atoms with E-state index < -0.39 is 12.1 Å². The number of aromatic nitrogens is 5. The first-order valence-corrected chi connectivity index (χ1v) is 6.47. The highest BCUT2D eigenvalue weighted by Gasteiger charge is 2.21. The van der Waals surface area contributed by atoms with Crippen LogP contribution in [0.1, 0.15) is 10.5 Å². The molecule has 0 atom stereocenters. The van der Waals surface area contributed by atoms with Gasteiger partial charge in [-0.25, -0.2) is 19.1 Å². The van der Waals surface area contributed by atoms with Gasteiger partial charge in [0.05, 0.1) is 18.2 Å². The zero-order chi connectivity index (χ0) is 16.6. The van der Waals surface area contributed by atoms with Crippen molar-refractivity contribution < 1.29 is 19.4 Å². The molecule has 0 aliphatic carbocycles. The summed E-state index contributed by atoms with van der Waals surface area (Å²) in [6.45, 7) is 0. The van der Waals surface area contributed by atoms with Crippen LogP contribution < -0.4 is 5.32 Å². The number of rotatable bonds is 3. The second-order valence-corrected chi connectivity index (χ2v) is 4.61. The van der Waals surface area contributed by atoms with Gasteiger partial charge in [0.1, 0.15) is 5.69 Å². The van der Waals surface area contributed by atoms with Crippen molar-refractivity contribution in [2.24, 2.45) is 7.05 Å². The van der Waals surface area contributed by atoms with Crippen molar-refractivity contribution in [3.63, 3.8) is 0 Å². The Morgan fingerprint density at radius 3 is 2.83 bits per heavy atom. The largest absolute Gasteiger partial charge is 0.476 e. The topological polar surface area (TPSA) is 124 Å². The highest BCUT2D eigenvalue weighted by atomic mass is 16.5. The first-order chi connectivity index (χ1) is 11.0. The maximum Gasteiger partial charge on any atom is 0.413 e. The molecule has 0 aliphatic heterocycles. The molecule has 0 aromatic carbocycles. The van der Waals surface area contributed by atoms with E-state index in [1.54, 1.807) is 31.6 Å². The Morgan fingerprint density at radius 2 is 2.13 bits per heavy atom. The normalized spacial score (nSPS) is 10.7. The molecule has 3 heterocycles. The van der Waals surface area contributed by atoms with Crippen molar-refractivity contribution in [3.05, 3.63) is 30.2 Å². The summed E-state index contributed by atoms with van der Waals surface area (Å²) in [5, 5.41) is 19.7. The van der Waals surface area contributed by atoms with Gasteiger partial charge in [0.2, 0.25) is 0 Å². The van der Waals surface area contributed by atoms with Crippen molar-refractivity contribution in [1.29, 1.82) is 0 Å². The van der Waals surface area contributed by atoms with Crippen LogP contribution in [0.2, 0.25) is 0 Å². The minimum absolute atomic E-state index is 0.0178. The molecule has 118 valence electrons. The van der Waals surface area contributed by atoms with Crippen LogP contribution in [0.3, 0.4) is 0 Å². The lowest BCUT2D eigenvalue weighted by molar-refractivity contribution is 0.0690. The van der Waals surface area contributed by atoms with Crippen LogP contribution in [-0.2, 0) is 11.8 Å². The summed E-state index contributed by atoms with van der Waals surface area (Å²) in [7, 11) is 2.83. The highest BCUT2D eigenvalue weighted by Crippen LogP contribution is 2.26. The number of carboxylic acids is 1. The Bertz CT molecular complexity index is 912. The number of aromatic carboxylic acids is 1. The number of carbonyl (C=O) groups is 2. The predicted molar refractivity (Wildman–Crippen MR) is 78.2 cm³/mol. The second-order valence-electron chi connectivity index (χ2n) is 4.61. The fourth-order valence-corrected chi connectivity index (χ4v) is 2.15. The molecule has 0 fully saturated rings. The van der Waals surface area contributed by atoms with E-state index in [0.29, 0.717) is 16.8 Å². The van der Waals surface area contributed by atoms with E-state index in [0.717, 1.165) is 0 Å². The number of hydrogen-bond donors (Lipinski definition) is 2. The summed E-state index contributed by atoms with van der Waals surface area (Å²) in [6, 6.07) is 3.46. The van der Waals surface area contributed by atoms with Gasteiger partial charge in [0.25, 0.3) is 5.95 Å². The number of nitrogens with one attached hydrogen (secondary N) is 1. The summed E-state index contributed by atoms with van der Waals surface area (Å²) >= 11 is 0. The van der Waals surface area contributed by atoms with Crippen molar-refractivity contribution in [3.8, 4) is 11.3 Å². The average molecular weight is 316 g/mol. The number of carbonyl (C=O) groups excluding carboxylic acids is 1. The lowest BCUT2D eigenvalue weighted by Crippen LogP contribution is -2.15. The summed E-state index contributed by atoms with van der Waals surface area (Å²) in [4.78, 5) is 27.0. The second kappa shape index (κ2) is 5.40. The van der Waals surface area contributed by atoms with E-state index in [1.807, 2.05) is 0 Å². The molecular formula is C13H12N6O4. The highest BCUT2D eigenvalue weighted by molar-refractivity contribution is 5.96. The number of methoxy groups -OCH3 is 1. The maximum absolute atomic E-state index is 11.4. The number of carboxylic acid groups (broad SMARTS) is 1. The van der Waals surface area contributed by atoms with Gasteiger partial charge in [0, 0.05) is 19.4 Å². The minimum Gasteiger partial charge on any atom is -0.476 e. The van der Waals surface area contributed by atoms with E-state index in [9.17, 15) is 14.7 Å². The molecule has 10 heteroatoms. The van der Waals surface area contributed by atoms with E-state index in [2.05, 4.69) is 25.2 Å². The molecule has 3 aromatic rings. The third-order valence-corrected chi connectivity index (χ3v) is 3.08. The smallest absolute Gasteiger partial charge is 0.413 e. The number of fused-ring (bicyclic) bond motifs is 1. The Kier molecular flexibility index (Phi) is 3.41. The fraction of sp³-hybridized carbons (Fsp3) is 0.154. The summed E-state index contributed by atoms with van der Waals surface area (Å²) in [5.41, 5.74) is 1.09. The SMILES string of the molecule is COC(=O)Nc1nc(-c2cn(C)nc2C(=O)O)c2cccn2n1. The molecule has 2 N–H and O–H groups in total. The van der Waals surface area contributed by atoms with Gasteiger partial charge in [-0.15, -0.1) is 5.10 Å². The molecule has 23 heavy (non-hydrogen) atoms. The third kappa shape index (κ3) is 2.57. The molecule has 3 aromatic heterocycles. The van der Waals surface area contributed by atoms with Crippen LogP contribution >= 0.6 is 0 Å². The van der Waals surface area contributed by atoms with Crippen LogP contribution in [0.4, 0.5) is 10.7 Å². The number of ether oxygens (including phenoxy) is 1. The quantitative estimate of drug-likeness (QED) is 0.738. The first kappa shape index (κ1) is 14.5. The number of aryl methyl sites for hydroxylation is 1. The van der Waals surface area contributed by atoms with Crippen LogP contribution in [0.15, 0.2) is 24.5 Å². The molecule has 0 saturated heterocycles. The maximum atomic E-state index is 11.4. The molecular weight excluding hydrogens is 304 g/mol. The molecule has 0 saturated carbocycles. The number of hydrogen-bond acceptors (Lipinski definition) is 6. The van der Waals surface area contributed by atoms with E-state index in [1.165, 1.54) is 16.3 Å². The number of amides is 1. The Hall–Kier alpha value is -3.43. The molecule has 0 radical (unpaired) electrons. The Labute approximate surface area is 129 Å². The van der Waals surface area contributed by atoms with Crippen molar-refractivity contribution in [1.82, 2.24) is 24.4 Å². The van der Waals surface area contributed by atoms with Gasteiger partial charge in [-0.2, -0.15) is 5.10 Å². The summed E-state index contributed by atoms with van der Waals surface area (Å²) in [6.07, 6.45) is 2.47. The molecule has 0 aliphatic rings. The van der Waals surface area contributed by atoms with E-state index in [4.69, 9.17) is 0 Å².